The molecule has 5 rings (SSSR count). The van der Waals surface area contributed by atoms with Gasteiger partial charge in [-0.1, -0.05) is 48.5 Å². The number of carboxylic acids is 1. The van der Waals surface area contributed by atoms with Gasteiger partial charge in [0.25, 0.3) is 0 Å². The van der Waals surface area contributed by atoms with E-state index in [9.17, 15) is 18.7 Å². The van der Waals surface area contributed by atoms with E-state index in [1.165, 1.54) is 34.5 Å². The van der Waals surface area contributed by atoms with Crippen LogP contribution in [0.5, 0.6) is 5.75 Å². The molecule has 36 heavy (non-hydrogen) atoms. The molecule has 1 heterocycles. The van der Waals surface area contributed by atoms with Crippen molar-refractivity contribution in [2.45, 2.75) is 25.5 Å². The topological polar surface area (TPSA) is 61.8 Å². The van der Waals surface area contributed by atoms with E-state index in [1.807, 2.05) is 12.1 Å². The number of anilines is 2. The standard InChI is InChI=1S/C29H26F2N2O3/c1-18(22-9-4-7-19-6-2-3-8-23(19)22)32-15-14-21-17-33(28-26(31)10-5-11-27(28)36-21)20-12-13-25(30)24(16-20)29(34)35/h2-13,16,18,21,32H,14-15,17H2,1H3,(H,34,35). The second-order valence-electron chi connectivity index (χ2n) is 8.94. The second-order valence-corrected chi connectivity index (χ2v) is 8.94. The van der Waals surface area contributed by atoms with E-state index in [2.05, 4.69) is 42.6 Å². The molecular weight excluding hydrogens is 462 g/mol. The van der Waals surface area contributed by atoms with E-state index in [4.69, 9.17) is 4.74 Å². The van der Waals surface area contributed by atoms with Crippen LogP contribution < -0.4 is 15.0 Å². The van der Waals surface area contributed by atoms with Gasteiger partial charge in [-0.15, -0.1) is 0 Å². The predicted molar refractivity (Wildman–Crippen MR) is 136 cm³/mol. The Morgan fingerprint density at radius 3 is 2.67 bits per heavy atom. The van der Waals surface area contributed by atoms with Crippen molar-refractivity contribution >= 4 is 28.1 Å². The Labute approximate surface area is 207 Å². The lowest BCUT2D eigenvalue weighted by atomic mass is 9.99. The molecule has 2 atom stereocenters. The number of ether oxygens (including phenoxy) is 1. The highest BCUT2D eigenvalue weighted by atomic mass is 19.1. The molecular formula is C29H26F2N2O3. The minimum atomic E-state index is -1.38. The maximum absolute atomic E-state index is 14.8. The third kappa shape index (κ3) is 4.62. The first-order valence-electron chi connectivity index (χ1n) is 11.9. The van der Waals surface area contributed by atoms with E-state index in [-0.39, 0.29) is 17.8 Å². The van der Waals surface area contributed by atoms with E-state index in [1.54, 1.807) is 17.0 Å². The molecule has 7 heteroatoms. The van der Waals surface area contributed by atoms with Gasteiger partial charge in [-0.2, -0.15) is 0 Å². The third-order valence-corrected chi connectivity index (χ3v) is 6.60. The van der Waals surface area contributed by atoms with Gasteiger partial charge in [0.1, 0.15) is 23.4 Å². The summed E-state index contributed by atoms with van der Waals surface area (Å²) >= 11 is 0. The van der Waals surface area contributed by atoms with Gasteiger partial charge in [-0.05, 0) is 66.6 Å². The molecule has 184 valence electrons. The van der Waals surface area contributed by atoms with Gasteiger partial charge >= 0.3 is 5.97 Å². The van der Waals surface area contributed by atoms with Gasteiger partial charge in [0.2, 0.25) is 0 Å². The van der Waals surface area contributed by atoms with Crippen molar-refractivity contribution in [2.75, 3.05) is 18.0 Å². The summed E-state index contributed by atoms with van der Waals surface area (Å²) in [7, 11) is 0. The number of aromatic carboxylic acids is 1. The maximum Gasteiger partial charge on any atom is 0.338 e. The van der Waals surface area contributed by atoms with Crippen molar-refractivity contribution in [1.82, 2.24) is 5.32 Å². The van der Waals surface area contributed by atoms with Crippen LogP contribution in [0, 0.1) is 11.6 Å². The molecule has 0 saturated heterocycles. The summed E-state index contributed by atoms with van der Waals surface area (Å²) in [6, 6.07) is 23.0. The molecule has 4 aromatic rings. The smallest absolute Gasteiger partial charge is 0.338 e. The number of carbonyl (C=O) groups is 1. The van der Waals surface area contributed by atoms with Crippen LogP contribution in [0.4, 0.5) is 20.2 Å². The van der Waals surface area contributed by atoms with Crippen molar-refractivity contribution in [1.29, 1.82) is 0 Å². The van der Waals surface area contributed by atoms with Crippen LogP contribution in [0.15, 0.2) is 78.9 Å². The molecule has 2 unspecified atom stereocenters. The molecule has 0 aromatic heterocycles. The van der Waals surface area contributed by atoms with Crippen molar-refractivity contribution in [3.05, 3.63) is 102 Å². The monoisotopic (exact) mass is 488 g/mol. The molecule has 1 aliphatic rings. The quantitative estimate of drug-likeness (QED) is 0.313. The Kier molecular flexibility index (Phi) is 6.57. The fraction of sp³-hybridized carbons (Fsp3) is 0.207. The number of hydrogen-bond acceptors (Lipinski definition) is 4. The lowest BCUT2D eigenvalue weighted by Crippen LogP contribution is -2.39. The third-order valence-electron chi connectivity index (χ3n) is 6.60. The highest BCUT2D eigenvalue weighted by Gasteiger charge is 2.30. The van der Waals surface area contributed by atoms with Gasteiger partial charge < -0.3 is 20.1 Å². The van der Waals surface area contributed by atoms with Gasteiger partial charge in [-0.3, -0.25) is 0 Å². The first-order chi connectivity index (χ1) is 17.4. The molecule has 0 spiro atoms. The largest absolute Gasteiger partial charge is 0.486 e. The number of fused-ring (bicyclic) bond motifs is 2. The Morgan fingerprint density at radius 1 is 1.06 bits per heavy atom. The summed E-state index contributed by atoms with van der Waals surface area (Å²) in [5.41, 5.74) is 1.36. The molecule has 0 radical (unpaired) electrons. The highest BCUT2D eigenvalue weighted by Crippen LogP contribution is 2.41. The molecule has 0 amide bonds. The number of hydrogen-bond donors (Lipinski definition) is 2. The van der Waals surface area contributed by atoms with Crippen molar-refractivity contribution in [3.63, 3.8) is 0 Å². The van der Waals surface area contributed by atoms with Crippen LogP contribution >= 0.6 is 0 Å². The zero-order chi connectivity index (χ0) is 25.2. The Morgan fingerprint density at radius 2 is 1.83 bits per heavy atom. The summed E-state index contributed by atoms with van der Waals surface area (Å²) < 4.78 is 34.9. The summed E-state index contributed by atoms with van der Waals surface area (Å²) in [5.74, 6) is -2.33. The molecule has 0 bridgehead atoms. The van der Waals surface area contributed by atoms with Crippen molar-refractivity contribution in [3.8, 4) is 5.75 Å². The van der Waals surface area contributed by atoms with Crippen LogP contribution in [0.3, 0.4) is 0 Å². The zero-order valence-electron chi connectivity index (χ0n) is 19.7. The van der Waals surface area contributed by atoms with Crippen LogP contribution in [0.2, 0.25) is 0 Å². The minimum Gasteiger partial charge on any atom is -0.486 e. The van der Waals surface area contributed by atoms with Crippen LogP contribution in [0.1, 0.15) is 35.3 Å². The summed E-state index contributed by atoms with van der Waals surface area (Å²) in [5, 5.41) is 15.3. The Hall–Kier alpha value is -3.97. The Balaban J connectivity index is 1.34. The number of halogens is 2. The van der Waals surface area contributed by atoms with Gasteiger partial charge in [0, 0.05) is 11.7 Å². The summed E-state index contributed by atoms with van der Waals surface area (Å²) in [4.78, 5) is 13.1. The average molecular weight is 489 g/mol. The zero-order valence-corrected chi connectivity index (χ0v) is 19.7. The van der Waals surface area contributed by atoms with Crippen LogP contribution in [-0.4, -0.2) is 30.3 Å². The fourth-order valence-electron chi connectivity index (χ4n) is 4.79. The highest BCUT2D eigenvalue weighted by molar-refractivity contribution is 5.90. The summed E-state index contributed by atoms with van der Waals surface area (Å²) in [6.45, 7) is 3.06. The molecule has 0 saturated carbocycles. The number of benzene rings is 4. The van der Waals surface area contributed by atoms with Crippen molar-refractivity contribution < 1.29 is 23.4 Å². The SMILES string of the molecule is CC(NCCC1CN(c2ccc(F)c(C(=O)O)c2)c2c(F)cccc2O1)c1cccc2ccccc12. The molecule has 2 N–H and O–H groups in total. The van der Waals surface area contributed by atoms with Gasteiger partial charge in [0.15, 0.2) is 5.82 Å². The molecule has 0 fully saturated rings. The van der Waals surface area contributed by atoms with Crippen molar-refractivity contribution in [2.24, 2.45) is 0 Å². The normalized spacial score (nSPS) is 15.9. The lowest BCUT2D eigenvalue weighted by Gasteiger charge is -2.37. The first-order valence-corrected chi connectivity index (χ1v) is 11.9. The predicted octanol–water partition coefficient (Wildman–Crippen LogP) is 6.46. The van der Waals surface area contributed by atoms with Crippen LogP contribution in [0.25, 0.3) is 10.8 Å². The number of nitrogens with one attached hydrogen (secondary N) is 1. The minimum absolute atomic E-state index is 0.107. The van der Waals surface area contributed by atoms with Crippen LogP contribution in [-0.2, 0) is 0 Å². The molecule has 4 aromatic carbocycles. The average Bonchev–Trinajstić information content (AvgIpc) is 2.88. The molecule has 5 nitrogen and oxygen atoms in total. The van der Waals surface area contributed by atoms with Gasteiger partial charge in [0.05, 0.1) is 12.1 Å². The second kappa shape index (κ2) is 9.95. The lowest BCUT2D eigenvalue weighted by molar-refractivity contribution is 0.0692. The molecule has 0 aliphatic carbocycles. The Bertz CT molecular complexity index is 1420. The summed E-state index contributed by atoms with van der Waals surface area (Å²) in [6.07, 6.45) is 0.346. The van der Waals surface area contributed by atoms with E-state index in [0.29, 0.717) is 30.9 Å². The van der Waals surface area contributed by atoms with E-state index < -0.39 is 23.2 Å². The fourth-order valence-corrected chi connectivity index (χ4v) is 4.79. The number of carboxylic acid groups (broad SMARTS) is 1. The number of nitrogens with zero attached hydrogens (tertiary/aromatic N) is 1. The maximum atomic E-state index is 14.8. The first kappa shape index (κ1) is 23.8. The van der Waals surface area contributed by atoms with Gasteiger partial charge in [-0.25, -0.2) is 13.6 Å². The molecule has 1 aliphatic heterocycles. The number of rotatable bonds is 7. The van der Waals surface area contributed by atoms with E-state index in [0.717, 1.165) is 6.07 Å². The number of para-hydroxylation sites is 1. The van der Waals surface area contributed by atoms with E-state index >= 15 is 0 Å².